The topological polar surface area (TPSA) is 81.2 Å². The molecule has 0 radical (unpaired) electrons. The second kappa shape index (κ2) is 6.09. The molecular weight excluding hydrogens is 282 g/mol. The summed E-state index contributed by atoms with van der Waals surface area (Å²) in [5.74, 6) is -0.525. The number of amides is 1. The van der Waals surface area contributed by atoms with Gasteiger partial charge in [-0.2, -0.15) is 0 Å². The van der Waals surface area contributed by atoms with Gasteiger partial charge in [0.15, 0.2) is 0 Å². The molecule has 1 aromatic carbocycles. The van der Waals surface area contributed by atoms with Crippen LogP contribution in [0.1, 0.15) is 18.5 Å². The molecular formula is C16H17N3O3. The van der Waals surface area contributed by atoms with Gasteiger partial charge in [-0.15, -0.1) is 0 Å². The molecule has 0 unspecified atom stereocenters. The van der Waals surface area contributed by atoms with Gasteiger partial charge >= 0.3 is 5.97 Å². The van der Waals surface area contributed by atoms with E-state index < -0.39 is 12.0 Å². The van der Waals surface area contributed by atoms with E-state index in [0.717, 1.165) is 23.9 Å². The van der Waals surface area contributed by atoms with Crippen molar-refractivity contribution < 1.29 is 14.3 Å². The average Bonchev–Trinajstić information content (AvgIpc) is 3.38. The predicted molar refractivity (Wildman–Crippen MR) is 79.9 cm³/mol. The first kappa shape index (κ1) is 14.4. The van der Waals surface area contributed by atoms with E-state index in [1.165, 1.54) is 7.11 Å². The van der Waals surface area contributed by atoms with Crippen LogP contribution in [0.4, 0.5) is 0 Å². The van der Waals surface area contributed by atoms with Crippen molar-refractivity contribution in [2.75, 3.05) is 7.11 Å². The largest absolute Gasteiger partial charge is 0.467 e. The maximum absolute atomic E-state index is 11.9. The SMILES string of the molecule is COC(=O)[C@@H](Cc1cnc2ccccc2n1)NC(=O)C1CC1. The zero-order chi connectivity index (χ0) is 15.5. The Kier molecular flexibility index (Phi) is 4.00. The second-order valence-electron chi connectivity index (χ2n) is 5.41. The van der Waals surface area contributed by atoms with E-state index in [0.29, 0.717) is 5.69 Å². The van der Waals surface area contributed by atoms with E-state index in [-0.39, 0.29) is 18.2 Å². The van der Waals surface area contributed by atoms with E-state index in [1.54, 1.807) is 6.20 Å². The van der Waals surface area contributed by atoms with Gasteiger partial charge in [0.1, 0.15) is 6.04 Å². The van der Waals surface area contributed by atoms with E-state index in [4.69, 9.17) is 4.74 Å². The Labute approximate surface area is 127 Å². The van der Waals surface area contributed by atoms with Gasteiger partial charge in [0, 0.05) is 18.5 Å². The minimum atomic E-state index is -0.728. The molecule has 0 spiro atoms. The number of aromatic nitrogens is 2. The number of nitrogens with one attached hydrogen (secondary N) is 1. The summed E-state index contributed by atoms with van der Waals surface area (Å²) in [7, 11) is 1.31. The normalized spacial score (nSPS) is 15.3. The Morgan fingerprint density at radius 3 is 2.73 bits per heavy atom. The number of ether oxygens (including phenoxy) is 1. The Balaban J connectivity index is 1.77. The Morgan fingerprint density at radius 2 is 2.05 bits per heavy atom. The molecule has 1 amide bonds. The third-order valence-electron chi connectivity index (χ3n) is 3.66. The number of carbonyl (C=O) groups excluding carboxylic acids is 2. The molecule has 1 aliphatic rings. The van der Waals surface area contributed by atoms with Gasteiger partial charge in [-0.25, -0.2) is 9.78 Å². The molecule has 1 saturated carbocycles. The Hall–Kier alpha value is -2.50. The first-order valence-corrected chi connectivity index (χ1v) is 7.26. The molecule has 1 fully saturated rings. The number of hydrogen-bond donors (Lipinski definition) is 1. The highest BCUT2D eigenvalue weighted by atomic mass is 16.5. The van der Waals surface area contributed by atoms with Crippen molar-refractivity contribution in [1.29, 1.82) is 0 Å². The van der Waals surface area contributed by atoms with Crippen LogP contribution < -0.4 is 5.32 Å². The number of nitrogens with zero attached hydrogens (tertiary/aromatic N) is 2. The number of para-hydroxylation sites is 2. The molecule has 1 atom stereocenters. The molecule has 1 heterocycles. The average molecular weight is 299 g/mol. The number of rotatable bonds is 5. The lowest BCUT2D eigenvalue weighted by atomic mass is 10.1. The highest BCUT2D eigenvalue weighted by Crippen LogP contribution is 2.29. The minimum Gasteiger partial charge on any atom is -0.467 e. The van der Waals surface area contributed by atoms with E-state index >= 15 is 0 Å². The molecule has 0 aliphatic heterocycles. The summed E-state index contributed by atoms with van der Waals surface area (Å²) in [5, 5.41) is 2.74. The third-order valence-corrected chi connectivity index (χ3v) is 3.66. The molecule has 22 heavy (non-hydrogen) atoms. The zero-order valence-corrected chi connectivity index (χ0v) is 12.3. The number of fused-ring (bicyclic) bond motifs is 1. The monoisotopic (exact) mass is 299 g/mol. The zero-order valence-electron chi connectivity index (χ0n) is 12.3. The van der Waals surface area contributed by atoms with Crippen LogP contribution >= 0.6 is 0 Å². The smallest absolute Gasteiger partial charge is 0.328 e. The quantitative estimate of drug-likeness (QED) is 0.840. The fourth-order valence-electron chi connectivity index (χ4n) is 2.27. The first-order valence-electron chi connectivity index (χ1n) is 7.26. The summed E-state index contributed by atoms with van der Waals surface area (Å²) in [4.78, 5) is 32.6. The van der Waals surface area contributed by atoms with Crippen molar-refractivity contribution in [3.63, 3.8) is 0 Å². The predicted octanol–water partition coefficient (Wildman–Crippen LogP) is 1.24. The van der Waals surface area contributed by atoms with Crippen molar-refractivity contribution in [2.24, 2.45) is 5.92 Å². The molecule has 0 saturated heterocycles. The van der Waals surface area contributed by atoms with Crippen molar-refractivity contribution in [2.45, 2.75) is 25.3 Å². The lowest BCUT2D eigenvalue weighted by Gasteiger charge is -2.16. The van der Waals surface area contributed by atoms with Crippen molar-refractivity contribution in [3.8, 4) is 0 Å². The van der Waals surface area contributed by atoms with Crippen LogP contribution in [-0.2, 0) is 20.7 Å². The summed E-state index contributed by atoms with van der Waals surface area (Å²) in [6.45, 7) is 0. The maximum Gasteiger partial charge on any atom is 0.328 e. The van der Waals surface area contributed by atoms with Gasteiger partial charge in [0.2, 0.25) is 5.91 Å². The summed E-state index contributed by atoms with van der Waals surface area (Å²) in [6, 6.07) is 6.78. The van der Waals surface area contributed by atoms with Crippen LogP contribution in [0.2, 0.25) is 0 Å². The molecule has 1 N–H and O–H groups in total. The van der Waals surface area contributed by atoms with Crippen LogP contribution in [0.25, 0.3) is 11.0 Å². The van der Waals surface area contributed by atoms with Crippen molar-refractivity contribution in [1.82, 2.24) is 15.3 Å². The standard InChI is InChI=1S/C16H17N3O3/c1-22-16(21)14(19-15(20)10-6-7-10)8-11-9-17-12-4-2-3-5-13(12)18-11/h2-5,9-10,14H,6-8H2,1H3,(H,19,20)/t14-/m1/s1. The second-order valence-corrected chi connectivity index (χ2v) is 5.41. The molecule has 6 heteroatoms. The van der Waals surface area contributed by atoms with E-state index in [1.807, 2.05) is 24.3 Å². The summed E-state index contributed by atoms with van der Waals surface area (Å²) >= 11 is 0. The fraction of sp³-hybridized carbons (Fsp3) is 0.375. The molecule has 6 nitrogen and oxygen atoms in total. The molecule has 1 aliphatic carbocycles. The van der Waals surface area contributed by atoms with E-state index in [9.17, 15) is 9.59 Å². The maximum atomic E-state index is 11.9. The molecule has 2 aromatic rings. The number of hydrogen-bond acceptors (Lipinski definition) is 5. The van der Waals surface area contributed by atoms with Crippen LogP contribution in [-0.4, -0.2) is 35.0 Å². The Bertz CT molecular complexity index is 713. The molecule has 0 bridgehead atoms. The van der Waals surface area contributed by atoms with Crippen LogP contribution in [0, 0.1) is 5.92 Å². The lowest BCUT2D eigenvalue weighted by molar-refractivity contribution is -0.145. The fourth-order valence-corrected chi connectivity index (χ4v) is 2.27. The van der Waals surface area contributed by atoms with Crippen LogP contribution in [0.3, 0.4) is 0 Å². The van der Waals surface area contributed by atoms with Gasteiger partial charge in [-0.1, -0.05) is 12.1 Å². The first-order chi connectivity index (χ1) is 10.7. The molecule has 1 aromatic heterocycles. The van der Waals surface area contributed by atoms with Crippen LogP contribution in [0.15, 0.2) is 30.5 Å². The summed E-state index contributed by atoms with van der Waals surface area (Å²) in [5.41, 5.74) is 2.20. The summed E-state index contributed by atoms with van der Waals surface area (Å²) in [6.07, 6.45) is 3.66. The van der Waals surface area contributed by atoms with Gasteiger partial charge < -0.3 is 10.1 Å². The number of esters is 1. The van der Waals surface area contributed by atoms with Crippen molar-refractivity contribution in [3.05, 3.63) is 36.2 Å². The van der Waals surface area contributed by atoms with Gasteiger partial charge in [0.25, 0.3) is 0 Å². The highest BCUT2D eigenvalue weighted by Gasteiger charge is 2.33. The van der Waals surface area contributed by atoms with Gasteiger partial charge in [0.05, 0.1) is 23.8 Å². The molecule has 114 valence electrons. The van der Waals surface area contributed by atoms with Crippen molar-refractivity contribution >= 4 is 22.9 Å². The lowest BCUT2D eigenvalue weighted by Crippen LogP contribution is -2.43. The van der Waals surface area contributed by atoms with Gasteiger partial charge in [-0.3, -0.25) is 9.78 Å². The third kappa shape index (κ3) is 3.21. The van der Waals surface area contributed by atoms with Crippen LogP contribution in [0.5, 0.6) is 0 Å². The molecule has 3 rings (SSSR count). The number of carbonyl (C=O) groups is 2. The van der Waals surface area contributed by atoms with Gasteiger partial charge in [-0.05, 0) is 25.0 Å². The number of benzene rings is 1. The van der Waals surface area contributed by atoms with E-state index in [2.05, 4.69) is 15.3 Å². The highest BCUT2D eigenvalue weighted by molar-refractivity contribution is 5.87. The number of methoxy groups -OCH3 is 1. The summed E-state index contributed by atoms with van der Waals surface area (Å²) < 4.78 is 4.77. The Morgan fingerprint density at radius 1 is 1.32 bits per heavy atom. The minimum absolute atomic E-state index is 0.0369.